The summed E-state index contributed by atoms with van der Waals surface area (Å²) < 4.78 is 5.20. The molecule has 7 heteroatoms. The van der Waals surface area contributed by atoms with E-state index in [0.29, 0.717) is 22.2 Å². The minimum atomic E-state index is -0.639. The Kier molecular flexibility index (Phi) is 9.00. The third-order valence-electron chi connectivity index (χ3n) is 5.04. The first-order valence-corrected chi connectivity index (χ1v) is 10.7. The molecule has 0 aromatic heterocycles. The highest BCUT2D eigenvalue weighted by atomic mass is 35.5. The van der Waals surface area contributed by atoms with Crippen LogP contribution in [0, 0.1) is 0 Å². The van der Waals surface area contributed by atoms with Crippen molar-refractivity contribution < 1.29 is 14.3 Å². The fourth-order valence-corrected chi connectivity index (χ4v) is 3.38. The van der Waals surface area contributed by atoms with Crippen molar-refractivity contribution in [1.29, 1.82) is 0 Å². The Balaban J connectivity index is 2.25. The highest BCUT2D eigenvalue weighted by molar-refractivity contribution is 6.35. The maximum absolute atomic E-state index is 13.2. The monoisotopic (exact) mass is 450 g/mol. The van der Waals surface area contributed by atoms with Crippen LogP contribution in [0.5, 0.6) is 5.75 Å². The van der Waals surface area contributed by atoms with Crippen LogP contribution < -0.4 is 10.1 Å². The summed E-state index contributed by atoms with van der Waals surface area (Å²) in [5, 5.41) is 3.89. The second-order valence-corrected chi connectivity index (χ2v) is 8.12. The molecule has 0 bridgehead atoms. The maximum atomic E-state index is 13.2. The first-order chi connectivity index (χ1) is 14.2. The van der Waals surface area contributed by atoms with Gasteiger partial charge in [-0.3, -0.25) is 9.59 Å². The number of rotatable bonds is 9. The third-order valence-corrected chi connectivity index (χ3v) is 5.62. The average molecular weight is 451 g/mol. The molecule has 0 saturated carbocycles. The molecule has 30 heavy (non-hydrogen) atoms. The molecule has 2 amide bonds. The van der Waals surface area contributed by atoms with Crippen LogP contribution in [0.25, 0.3) is 0 Å². The van der Waals surface area contributed by atoms with E-state index >= 15 is 0 Å². The Morgan fingerprint density at radius 1 is 1.10 bits per heavy atom. The van der Waals surface area contributed by atoms with Crippen LogP contribution in [0.4, 0.5) is 0 Å². The second kappa shape index (κ2) is 11.2. The number of carbonyl (C=O) groups is 2. The van der Waals surface area contributed by atoms with Crippen LogP contribution >= 0.6 is 23.2 Å². The van der Waals surface area contributed by atoms with E-state index in [4.69, 9.17) is 27.9 Å². The van der Waals surface area contributed by atoms with Crippen molar-refractivity contribution in [2.75, 3.05) is 7.11 Å². The highest BCUT2D eigenvalue weighted by Gasteiger charge is 2.27. The molecule has 0 fully saturated rings. The summed E-state index contributed by atoms with van der Waals surface area (Å²) in [7, 11) is 1.60. The van der Waals surface area contributed by atoms with Gasteiger partial charge in [0, 0.05) is 22.6 Å². The molecular weight excluding hydrogens is 423 g/mol. The number of amides is 2. The molecule has 0 spiro atoms. The van der Waals surface area contributed by atoms with Crippen molar-refractivity contribution in [3.63, 3.8) is 0 Å². The Hall–Kier alpha value is -2.24. The Labute approximate surface area is 188 Å². The Morgan fingerprint density at radius 2 is 1.77 bits per heavy atom. The maximum Gasteiger partial charge on any atom is 0.242 e. The largest absolute Gasteiger partial charge is 0.497 e. The number of benzene rings is 2. The molecule has 5 nitrogen and oxygen atoms in total. The molecule has 2 aromatic carbocycles. The number of hydrogen-bond acceptors (Lipinski definition) is 3. The summed E-state index contributed by atoms with van der Waals surface area (Å²) in [5.74, 6) is 0.349. The lowest BCUT2D eigenvalue weighted by Gasteiger charge is -2.30. The summed E-state index contributed by atoms with van der Waals surface area (Å²) >= 11 is 12.2. The standard InChI is InChI=1S/C23H28Cl2N2O3/c1-5-15(2)26-23(29)16(3)27(14-17-6-10-20(30-4)11-7-17)22(28)12-18-8-9-19(24)13-21(18)25/h6-11,13,15-16H,5,12,14H2,1-4H3,(H,26,29)/t15-,16-/m0/s1. The molecule has 1 N–H and O–H groups in total. The zero-order valence-electron chi connectivity index (χ0n) is 17.7. The molecule has 0 aliphatic heterocycles. The third kappa shape index (κ3) is 6.64. The smallest absolute Gasteiger partial charge is 0.242 e. The van der Waals surface area contributed by atoms with Gasteiger partial charge in [0.15, 0.2) is 0 Å². The predicted molar refractivity (Wildman–Crippen MR) is 121 cm³/mol. The van der Waals surface area contributed by atoms with Crippen molar-refractivity contribution in [1.82, 2.24) is 10.2 Å². The van der Waals surface area contributed by atoms with Crippen LogP contribution in [0.1, 0.15) is 38.3 Å². The van der Waals surface area contributed by atoms with E-state index in [9.17, 15) is 9.59 Å². The Bertz CT molecular complexity index is 871. The summed E-state index contributed by atoms with van der Waals surface area (Å²) in [6.07, 6.45) is 0.887. The molecule has 0 radical (unpaired) electrons. The van der Waals surface area contributed by atoms with E-state index < -0.39 is 6.04 Å². The van der Waals surface area contributed by atoms with E-state index in [-0.39, 0.29) is 24.3 Å². The van der Waals surface area contributed by atoms with Gasteiger partial charge in [-0.25, -0.2) is 0 Å². The number of methoxy groups -OCH3 is 1. The van der Waals surface area contributed by atoms with Gasteiger partial charge in [-0.15, -0.1) is 0 Å². The molecule has 0 aliphatic rings. The van der Waals surface area contributed by atoms with E-state index in [2.05, 4.69) is 5.32 Å². The molecule has 0 unspecified atom stereocenters. The summed E-state index contributed by atoms with van der Waals surface area (Å²) in [4.78, 5) is 27.5. The molecule has 2 rings (SSSR count). The van der Waals surface area contributed by atoms with E-state index in [0.717, 1.165) is 17.7 Å². The van der Waals surface area contributed by atoms with E-state index in [1.165, 1.54) is 0 Å². The molecule has 0 heterocycles. The van der Waals surface area contributed by atoms with Gasteiger partial charge in [0.25, 0.3) is 0 Å². The van der Waals surface area contributed by atoms with Crippen molar-refractivity contribution in [2.24, 2.45) is 0 Å². The topological polar surface area (TPSA) is 58.6 Å². The quantitative estimate of drug-likeness (QED) is 0.592. The highest BCUT2D eigenvalue weighted by Crippen LogP contribution is 2.23. The van der Waals surface area contributed by atoms with E-state index in [1.807, 2.05) is 38.1 Å². The summed E-state index contributed by atoms with van der Waals surface area (Å²) in [6.45, 7) is 5.97. The van der Waals surface area contributed by atoms with Gasteiger partial charge in [0.2, 0.25) is 11.8 Å². The lowest BCUT2D eigenvalue weighted by Crippen LogP contribution is -2.49. The van der Waals surface area contributed by atoms with Crippen molar-refractivity contribution in [2.45, 2.75) is 52.2 Å². The Morgan fingerprint density at radius 3 is 2.33 bits per heavy atom. The summed E-state index contributed by atoms with van der Waals surface area (Å²) in [6, 6.07) is 11.9. The second-order valence-electron chi connectivity index (χ2n) is 7.28. The number of carbonyl (C=O) groups excluding carboxylic acids is 2. The van der Waals surface area contributed by atoms with Gasteiger partial charge >= 0.3 is 0 Å². The molecule has 0 aliphatic carbocycles. The number of hydrogen-bond donors (Lipinski definition) is 1. The van der Waals surface area contributed by atoms with Crippen molar-refractivity contribution >= 4 is 35.0 Å². The average Bonchev–Trinajstić information content (AvgIpc) is 2.73. The van der Waals surface area contributed by atoms with Crippen molar-refractivity contribution in [3.8, 4) is 5.75 Å². The lowest BCUT2D eigenvalue weighted by molar-refractivity contribution is -0.140. The fraction of sp³-hybridized carbons (Fsp3) is 0.391. The fourth-order valence-electron chi connectivity index (χ4n) is 2.91. The zero-order chi connectivity index (χ0) is 22.3. The van der Waals surface area contributed by atoms with Crippen LogP contribution in [-0.2, 0) is 22.6 Å². The zero-order valence-corrected chi connectivity index (χ0v) is 19.3. The van der Waals surface area contributed by atoms with Gasteiger partial charge < -0.3 is 15.0 Å². The molecular formula is C23H28Cl2N2O3. The van der Waals surface area contributed by atoms with Crippen LogP contribution in [0.2, 0.25) is 10.0 Å². The minimum absolute atomic E-state index is 0.0311. The van der Waals surface area contributed by atoms with Crippen LogP contribution in [-0.4, -0.2) is 35.9 Å². The molecule has 2 aromatic rings. The number of halogens is 2. The first kappa shape index (κ1) is 24.0. The number of nitrogens with zero attached hydrogens (tertiary/aromatic N) is 1. The van der Waals surface area contributed by atoms with Crippen LogP contribution in [0.3, 0.4) is 0 Å². The molecule has 2 atom stereocenters. The van der Waals surface area contributed by atoms with Crippen molar-refractivity contribution in [3.05, 3.63) is 63.6 Å². The van der Waals surface area contributed by atoms with Crippen LogP contribution in [0.15, 0.2) is 42.5 Å². The van der Waals surface area contributed by atoms with Gasteiger partial charge in [-0.05, 0) is 55.7 Å². The molecule has 0 saturated heterocycles. The predicted octanol–water partition coefficient (Wildman–Crippen LogP) is 4.88. The van der Waals surface area contributed by atoms with E-state index in [1.54, 1.807) is 37.1 Å². The van der Waals surface area contributed by atoms with Gasteiger partial charge in [0.05, 0.1) is 13.5 Å². The molecule has 162 valence electrons. The first-order valence-electron chi connectivity index (χ1n) is 9.91. The summed E-state index contributed by atoms with van der Waals surface area (Å²) in [5.41, 5.74) is 1.56. The number of ether oxygens (including phenoxy) is 1. The number of nitrogens with one attached hydrogen (secondary N) is 1. The SMILES string of the molecule is CC[C@H](C)NC(=O)[C@H](C)N(Cc1ccc(OC)cc1)C(=O)Cc1ccc(Cl)cc1Cl. The lowest BCUT2D eigenvalue weighted by atomic mass is 10.1. The van der Waals surface area contributed by atoms with Gasteiger partial charge in [-0.2, -0.15) is 0 Å². The minimum Gasteiger partial charge on any atom is -0.497 e. The van der Waals surface area contributed by atoms with Gasteiger partial charge in [-0.1, -0.05) is 48.3 Å². The normalized spacial score (nSPS) is 12.7. The van der Waals surface area contributed by atoms with Gasteiger partial charge in [0.1, 0.15) is 11.8 Å².